The Balaban J connectivity index is 1.81. The molecule has 1 aromatic rings. The number of nitrogens with two attached hydrogens (primary N) is 1. The van der Waals surface area contributed by atoms with E-state index in [1.165, 1.54) is 29.3 Å². The van der Waals surface area contributed by atoms with Crippen LogP contribution < -0.4 is 5.73 Å². The summed E-state index contributed by atoms with van der Waals surface area (Å²) in [6.07, 6.45) is 3.19. The Hall–Kier alpha value is -1.18. The predicted octanol–water partition coefficient (Wildman–Crippen LogP) is 1.27. The van der Waals surface area contributed by atoms with Crippen molar-refractivity contribution < 1.29 is 12.8 Å². The largest absolute Gasteiger partial charge is 0.398 e. The van der Waals surface area contributed by atoms with Gasteiger partial charge >= 0.3 is 0 Å². The van der Waals surface area contributed by atoms with Crippen molar-refractivity contribution in [2.45, 2.75) is 30.2 Å². The lowest BCUT2D eigenvalue weighted by atomic mass is 10.2. The number of halogens is 1. The molecular formula is C14H20FN3O2S. The Morgan fingerprint density at radius 3 is 2.62 bits per heavy atom. The van der Waals surface area contributed by atoms with Crippen molar-refractivity contribution >= 4 is 15.7 Å². The molecule has 0 saturated carbocycles. The highest BCUT2D eigenvalue weighted by Gasteiger charge is 2.36. The molecule has 21 heavy (non-hydrogen) atoms. The molecule has 0 aromatic heterocycles. The third kappa shape index (κ3) is 2.77. The number of hydrogen-bond acceptors (Lipinski definition) is 4. The lowest BCUT2D eigenvalue weighted by Crippen LogP contribution is -2.37. The third-order valence-corrected chi connectivity index (χ3v) is 6.30. The Morgan fingerprint density at radius 2 is 1.90 bits per heavy atom. The van der Waals surface area contributed by atoms with Gasteiger partial charge in [-0.2, -0.15) is 4.31 Å². The first-order valence-electron chi connectivity index (χ1n) is 7.28. The number of rotatable bonds is 3. The molecule has 2 heterocycles. The summed E-state index contributed by atoms with van der Waals surface area (Å²) in [4.78, 5) is 2.23. The molecule has 2 saturated heterocycles. The highest BCUT2D eigenvalue weighted by atomic mass is 32.2. The molecule has 2 fully saturated rings. The van der Waals surface area contributed by atoms with Crippen molar-refractivity contribution in [1.82, 2.24) is 9.21 Å². The number of nitrogens with zero attached hydrogens (tertiary/aromatic N) is 2. The van der Waals surface area contributed by atoms with Crippen LogP contribution in [-0.4, -0.2) is 49.8 Å². The zero-order valence-electron chi connectivity index (χ0n) is 11.8. The fraction of sp³-hybridized carbons (Fsp3) is 0.571. The second kappa shape index (κ2) is 5.55. The summed E-state index contributed by atoms with van der Waals surface area (Å²) < 4.78 is 40.0. The first-order chi connectivity index (χ1) is 9.98. The summed E-state index contributed by atoms with van der Waals surface area (Å²) in [7, 11) is -3.71. The highest BCUT2D eigenvalue weighted by Crippen LogP contribution is 2.28. The van der Waals surface area contributed by atoms with Gasteiger partial charge in [-0.15, -0.1) is 0 Å². The van der Waals surface area contributed by atoms with E-state index < -0.39 is 15.8 Å². The lowest BCUT2D eigenvalue weighted by Gasteiger charge is -2.23. The van der Waals surface area contributed by atoms with Crippen LogP contribution in [0.3, 0.4) is 0 Å². The maximum atomic E-state index is 13.3. The maximum Gasteiger partial charge on any atom is 0.245 e. The van der Waals surface area contributed by atoms with Crippen molar-refractivity contribution in [3.8, 4) is 0 Å². The van der Waals surface area contributed by atoms with Crippen molar-refractivity contribution in [3.05, 3.63) is 24.0 Å². The van der Waals surface area contributed by atoms with Crippen LogP contribution in [0.4, 0.5) is 10.1 Å². The van der Waals surface area contributed by atoms with Crippen LogP contribution in [0.2, 0.25) is 0 Å². The van der Waals surface area contributed by atoms with Crippen molar-refractivity contribution in [1.29, 1.82) is 0 Å². The van der Waals surface area contributed by atoms with Crippen LogP contribution in [0.5, 0.6) is 0 Å². The van der Waals surface area contributed by atoms with Gasteiger partial charge in [-0.1, -0.05) is 0 Å². The molecule has 1 aromatic carbocycles. The van der Waals surface area contributed by atoms with Crippen LogP contribution in [0, 0.1) is 5.82 Å². The molecule has 1 unspecified atom stereocenters. The normalized spacial score (nSPS) is 24.7. The molecule has 2 aliphatic rings. The van der Waals surface area contributed by atoms with E-state index in [9.17, 15) is 12.8 Å². The van der Waals surface area contributed by atoms with Crippen LogP contribution in [0.1, 0.15) is 19.3 Å². The molecule has 0 radical (unpaired) electrons. The molecule has 0 spiro atoms. The zero-order valence-corrected chi connectivity index (χ0v) is 12.7. The summed E-state index contributed by atoms with van der Waals surface area (Å²) in [6.45, 7) is 3.03. The molecule has 2 aliphatic heterocycles. The monoisotopic (exact) mass is 313 g/mol. The van der Waals surface area contributed by atoms with Gasteiger partial charge in [0.2, 0.25) is 10.0 Å². The smallest absolute Gasteiger partial charge is 0.245 e. The van der Waals surface area contributed by atoms with Gasteiger partial charge in [0.15, 0.2) is 0 Å². The number of anilines is 1. The number of nitrogen functional groups attached to an aromatic ring is 1. The fourth-order valence-electron chi connectivity index (χ4n) is 3.20. The Morgan fingerprint density at radius 1 is 1.19 bits per heavy atom. The van der Waals surface area contributed by atoms with Crippen molar-refractivity contribution in [2.24, 2.45) is 0 Å². The molecular weight excluding hydrogens is 293 g/mol. The summed E-state index contributed by atoms with van der Waals surface area (Å²) in [5.41, 5.74) is 5.82. The molecule has 0 amide bonds. The molecule has 5 nitrogen and oxygen atoms in total. The second-order valence-electron chi connectivity index (χ2n) is 5.73. The summed E-state index contributed by atoms with van der Waals surface area (Å²) in [5.74, 6) is -0.585. The van der Waals surface area contributed by atoms with Crippen LogP contribution in [0.15, 0.2) is 23.1 Å². The molecule has 0 aliphatic carbocycles. The van der Waals surface area contributed by atoms with Gasteiger partial charge in [-0.05, 0) is 50.6 Å². The average Bonchev–Trinajstić information content (AvgIpc) is 3.11. The topological polar surface area (TPSA) is 66.6 Å². The quantitative estimate of drug-likeness (QED) is 0.853. The fourth-order valence-corrected chi connectivity index (χ4v) is 4.82. The number of likely N-dealkylation sites (tertiary alicyclic amines) is 1. The molecule has 1 atom stereocenters. The van der Waals surface area contributed by atoms with E-state index >= 15 is 0 Å². The van der Waals surface area contributed by atoms with Gasteiger partial charge in [0.25, 0.3) is 0 Å². The minimum atomic E-state index is -3.71. The molecule has 2 N–H and O–H groups in total. The Bertz CT molecular complexity index is 629. The predicted molar refractivity (Wildman–Crippen MR) is 78.8 cm³/mol. The molecule has 0 bridgehead atoms. The third-order valence-electron chi connectivity index (χ3n) is 4.38. The van der Waals surface area contributed by atoms with E-state index in [4.69, 9.17) is 5.73 Å². The van der Waals surface area contributed by atoms with Gasteiger partial charge in [-0.3, -0.25) is 4.90 Å². The summed E-state index contributed by atoms with van der Waals surface area (Å²) in [6, 6.07) is 3.76. The van der Waals surface area contributed by atoms with E-state index in [0.29, 0.717) is 13.1 Å². The van der Waals surface area contributed by atoms with Gasteiger partial charge in [0.05, 0.1) is 5.69 Å². The van der Waals surface area contributed by atoms with Crippen LogP contribution >= 0.6 is 0 Å². The van der Waals surface area contributed by atoms with E-state index in [2.05, 4.69) is 4.90 Å². The average molecular weight is 313 g/mol. The maximum absolute atomic E-state index is 13.3. The van der Waals surface area contributed by atoms with Crippen molar-refractivity contribution in [3.63, 3.8) is 0 Å². The minimum Gasteiger partial charge on any atom is -0.398 e. The van der Waals surface area contributed by atoms with Gasteiger partial charge in [0.1, 0.15) is 10.7 Å². The number of hydrogen-bond donors (Lipinski definition) is 1. The first-order valence-corrected chi connectivity index (χ1v) is 8.72. The SMILES string of the molecule is Nc1ccc(F)cc1S(=O)(=O)N1CCC(N2CCCC2)C1. The summed E-state index contributed by atoms with van der Waals surface area (Å²) in [5, 5.41) is 0. The van der Waals surface area contributed by atoms with Gasteiger partial charge < -0.3 is 5.73 Å². The second-order valence-corrected chi connectivity index (χ2v) is 7.64. The first kappa shape index (κ1) is 14.7. The molecule has 7 heteroatoms. The van der Waals surface area contributed by atoms with E-state index in [1.54, 1.807) is 0 Å². The van der Waals surface area contributed by atoms with Gasteiger partial charge in [-0.25, -0.2) is 12.8 Å². The van der Waals surface area contributed by atoms with E-state index in [0.717, 1.165) is 25.6 Å². The standard InChI is InChI=1S/C14H20FN3O2S/c15-11-3-4-13(16)14(9-11)21(19,20)18-8-5-12(10-18)17-6-1-2-7-17/h3-4,9,12H,1-2,5-8,10,16H2. The minimum absolute atomic E-state index is 0.0982. The highest BCUT2D eigenvalue weighted by molar-refractivity contribution is 7.89. The molecule has 116 valence electrons. The lowest BCUT2D eigenvalue weighted by molar-refractivity contribution is 0.251. The summed E-state index contributed by atoms with van der Waals surface area (Å²) >= 11 is 0. The molecule has 3 rings (SSSR count). The number of benzene rings is 1. The van der Waals surface area contributed by atoms with Gasteiger partial charge in [0, 0.05) is 19.1 Å². The van der Waals surface area contributed by atoms with Crippen LogP contribution in [-0.2, 0) is 10.0 Å². The Kier molecular flexibility index (Phi) is 3.90. The van der Waals surface area contributed by atoms with Crippen molar-refractivity contribution in [2.75, 3.05) is 31.9 Å². The zero-order chi connectivity index (χ0) is 15.0. The number of sulfonamides is 1. The van der Waals surface area contributed by atoms with Crippen LogP contribution in [0.25, 0.3) is 0 Å². The van der Waals surface area contributed by atoms with E-state index in [1.807, 2.05) is 0 Å². The Labute approximate surface area is 124 Å². The van der Waals surface area contributed by atoms with E-state index in [-0.39, 0.29) is 16.6 Å².